The van der Waals surface area contributed by atoms with Crippen LogP contribution in [0.15, 0.2) is 24.3 Å². The summed E-state index contributed by atoms with van der Waals surface area (Å²) in [6, 6.07) is 6.84. The van der Waals surface area contributed by atoms with Crippen LogP contribution in [0.3, 0.4) is 0 Å². The normalized spacial score (nSPS) is 23.7. The van der Waals surface area contributed by atoms with E-state index in [0.29, 0.717) is 18.3 Å². The molecule has 0 aliphatic carbocycles. The molecule has 1 aliphatic rings. The fourth-order valence-corrected chi connectivity index (χ4v) is 2.33. The molecule has 1 fully saturated rings. The van der Waals surface area contributed by atoms with E-state index in [1.807, 2.05) is 0 Å². The minimum Gasteiger partial charge on any atom is -0.313 e. The standard InChI is InChI=1S/C14H19FN2O/c1-10-7-8-11(9-16-10)14(18)17(2)13-6-4-3-5-12(13)15/h3-6,10-11,16H,7-9H2,1-2H3. The van der Waals surface area contributed by atoms with Gasteiger partial charge < -0.3 is 10.2 Å². The highest BCUT2D eigenvalue weighted by atomic mass is 19.1. The molecular weight excluding hydrogens is 231 g/mol. The summed E-state index contributed by atoms with van der Waals surface area (Å²) in [5.41, 5.74) is 0.348. The van der Waals surface area contributed by atoms with Gasteiger partial charge in [-0.1, -0.05) is 12.1 Å². The smallest absolute Gasteiger partial charge is 0.231 e. The van der Waals surface area contributed by atoms with E-state index < -0.39 is 0 Å². The first-order valence-electron chi connectivity index (χ1n) is 6.35. The maximum Gasteiger partial charge on any atom is 0.231 e. The van der Waals surface area contributed by atoms with Crippen LogP contribution in [-0.4, -0.2) is 25.5 Å². The molecule has 3 nitrogen and oxygen atoms in total. The number of hydrogen-bond donors (Lipinski definition) is 1. The Hall–Kier alpha value is -1.42. The third kappa shape index (κ3) is 2.70. The van der Waals surface area contributed by atoms with Gasteiger partial charge in [-0.05, 0) is 31.9 Å². The number of halogens is 1. The first-order valence-corrected chi connectivity index (χ1v) is 6.35. The lowest BCUT2D eigenvalue weighted by molar-refractivity contribution is -0.122. The van der Waals surface area contributed by atoms with Gasteiger partial charge in [0.1, 0.15) is 5.82 Å². The van der Waals surface area contributed by atoms with E-state index in [2.05, 4.69) is 12.2 Å². The number of piperidine rings is 1. The summed E-state index contributed by atoms with van der Waals surface area (Å²) in [4.78, 5) is 13.7. The second-order valence-corrected chi connectivity index (χ2v) is 4.93. The SMILES string of the molecule is CC1CCC(C(=O)N(C)c2ccccc2F)CN1. The van der Waals surface area contributed by atoms with E-state index in [9.17, 15) is 9.18 Å². The molecule has 0 radical (unpaired) electrons. The Bertz CT molecular complexity index is 428. The number of benzene rings is 1. The molecule has 1 aromatic rings. The molecule has 0 bridgehead atoms. The average Bonchev–Trinajstić information content (AvgIpc) is 2.38. The lowest BCUT2D eigenvalue weighted by Crippen LogP contribution is -2.44. The van der Waals surface area contributed by atoms with Crippen molar-refractivity contribution in [3.05, 3.63) is 30.1 Å². The minimum absolute atomic E-state index is 0.0144. The third-order valence-electron chi connectivity index (χ3n) is 3.55. The maximum absolute atomic E-state index is 13.6. The van der Waals surface area contributed by atoms with Crippen molar-refractivity contribution in [3.63, 3.8) is 0 Å². The number of anilines is 1. The molecule has 4 heteroatoms. The van der Waals surface area contributed by atoms with E-state index in [-0.39, 0.29) is 17.6 Å². The molecule has 98 valence electrons. The van der Waals surface area contributed by atoms with Crippen LogP contribution in [0.25, 0.3) is 0 Å². The van der Waals surface area contributed by atoms with Crippen molar-refractivity contribution >= 4 is 11.6 Å². The highest BCUT2D eigenvalue weighted by Gasteiger charge is 2.27. The van der Waals surface area contributed by atoms with Gasteiger partial charge >= 0.3 is 0 Å². The van der Waals surface area contributed by atoms with Crippen LogP contribution < -0.4 is 10.2 Å². The molecule has 0 saturated carbocycles. The molecule has 1 N–H and O–H groups in total. The van der Waals surface area contributed by atoms with Gasteiger partial charge in [0.15, 0.2) is 0 Å². The Balaban J connectivity index is 2.07. The molecule has 2 atom stereocenters. The fraction of sp³-hybridized carbons (Fsp3) is 0.500. The van der Waals surface area contributed by atoms with Crippen molar-refractivity contribution in [2.75, 3.05) is 18.5 Å². The predicted molar refractivity (Wildman–Crippen MR) is 70.0 cm³/mol. The Kier molecular flexibility index (Phi) is 3.97. The highest BCUT2D eigenvalue weighted by Crippen LogP contribution is 2.22. The zero-order valence-corrected chi connectivity index (χ0v) is 10.8. The Morgan fingerprint density at radius 1 is 1.39 bits per heavy atom. The largest absolute Gasteiger partial charge is 0.313 e. The van der Waals surface area contributed by atoms with Crippen LogP contribution in [0.4, 0.5) is 10.1 Å². The van der Waals surface area contributed by atoms with Gasteiger partial charge in [0.2, 0.25) is 5.91 Å². The lowest BCUT2D eigenvalue weighted by Gasteiger charge is -2.30. The summed E-state index contributed by atoms with van der Waals surface area (Å²) in [6.07, 6.45) is 1.85. The van der Waals surface area contributed by atoms with Crippen molar-refractivity contribution in [2.24, 2.45) is 5.92 Å². The summed E-state index contributed by atoms with van der Waals surface area (Å²) in [7, 11) is 1.64. The Morgan fingerprint density at radius 2 is 2.11 bits per heavy atom. The molecule has 0 spiro atoms. The molecule has 0 aromatic heterocycles. The van der Waals surface area contributed by atoms with E-state index >= 15 is 0 Å². The number of rotatable bonds is 2. The van der Waals surface area contributed by atoms with Crippen LogP contribution in [-0.2, 0) is 4.79 Å². The molecule has 2 unspecified atom stereocenters. The number of nitrogens with one attached hydrogen (secondary N) is 1. The van der Waals surface area contributed by atoms with E-state index in [4.69, 9.17) is 0 Å². The number of para-hydroxylation sites is 1. The Labute approximate surface area is 107 Å². The molecule has 1 saturated heterocycles. The van der Waals surface area contributed by atoms with Gasteiger partial charge in [-0.3, -0.25) is 4.79 Å². The molecule has 18 heavy (non-hydrogen) atoms. The van der Waals surface area contributed by atoms with Gasteiger partial charge in [-0.2, -0.15) is 0 Å². The summed E-state index contributed by atoms with van der Waals surface area (Å²) in [6.45, 7) is 2.79. The van der Waals surface area contributed by atoms with Crippen LogP contribution >= 0.6 is 0 Å². The van der Waals surface area contributed by atoms with Gasteiger partial charge in [-0.15, -0.1) is 0 Å². The van der Waals surface area contributed by atoms with Gasteiger partial charge in [0, 0.05) is 19.6 Å². The van der Waals surface area contributed by atoms with Crippen molar-refractivity contribution in [1.82, 2.24) is 5.32 Å². The second kappa shape index (κ2) is 5.48. The quantitative estimate of drug-likeness (QED) is 0.872. The summed E-state index contributed by atoms with van der Waals surface area (Å²) in [5, 5.41) is 3.29. The monoisotopic (exact) mass is 250 g/mol. The van der Waals surface area contributed by atoms with Crippen molar-refractivity contribution in [2.45, 2.75) is 25.8 Å². The van der Waals surface area contributed by atoms with Crippen molar-refractivity contribution < 1.29 is 9.18 Å². The third-order valence-corrected chi connectivity index (χ3v) is 3.55. The number of hydrogen-bond acceptors (Lipinski definition) is 2. The second-order valence-electron chi connectivity index (χ2n) is 4.93. The lowest BCUT2D eigenvalue weighted by atomic mass is 9.94. The van der Waals surface area contributed by atoms with Crippen molar-refractivity contribution in [1.29, 1.82) is 0 Å². The molecule has 1 heterocycles. The first-order chi connectivity index (χ1) is 8.59. The summed E-state index contributed by atoms with van der Waals surface area (Å²) >= 11 is 0. The summed E-state index contributed by atoms with van der Waals surface area (Å²) < 4.78 is 13.6. The summed E-state index contributed by atoms with van der Waals surface area (Å²) in [5.74, 6) is -0.421. The number of carbonyl (C=O) groups is 1. The zero-order valence-electron chi connectivity index (χ0n) is 10.8. The molecular formula is C14H19FN2O. The fourth-order valence-electron chi connectivity index (χ4n) is 2.33. The minimum atomic E-state index is -0.356. The van der Waals surface area contributed by atoms with Crippen LogP contribution in [0.1, 0.15) is 19.8 Å². The number of amides is 1. The van der Waals surface area contributed by atoms with E-state index in [1.165, 1.54) is 11.0 Å². The van der Waals surface area contributed by atoms with E-state index in [1.54, 1.807) is 25.2 Å². The predicted octanol–water partition coefficient (Wildman–Crippen LogP) is 2.18. The Morgan fingerprint density at radius 3 is 2.72 bits per heavy atom. The van der Waals surface area contributed by atoms with Gasteiger partial charge in [-0.25, -0.2) is 4.39 Å². The number of carbonyl (C=O) groups excluding carboxylic acids is 1. The van der Waals surface area contributed by atoms with Gasteiger partial charge in [0.05, 0.1) is 11.6 Å². The van der Waals surface area contributed by atoms with E-state index in [0.717, 1.165) is 12.8 Å². The van der Waals surface area contributed by atoms with Gasteiger partial charge in [0.25, 0.3) is 0 Å². The average molecular weight is 250 g/mol. The van der Waals surface area contributed by atoms with Crippen LogP contribution in [0.2, 0.25) is 0 Å². The molecule has 1 aliphatic heterocycles. The van der Waals surface area contributed by atoms with Crippen LogP contribution in [0.5, 0.6) is 0 Å². The molecule has 1 aromatic carbocycles. The number of nitrogens with zero attached hydrogens (tertiary/aromatic N) is 1. The topological polar surface area (TPSA) is 32.3 Å². The molecule has 2 rings (SSSR count). The first kappa shape index (κ1) is 13.0. The van der Waals surface area contributed by atoms with Crippen molar-refractivity contribution in [3.8, 4) is 0 Å². The highest BCUT2D eigenvalue weighted by molar-refractivity contribution is 5.94. The zero-order chi connectivity index (χ0) is 13.1. The van der Waals surface area contributed by atoms with Crippen LogP contribution in [0, 0.1) is 11.7 Å². The maximum atomic E-state index is 13.6. The molecule has 1 amide bonds.